The van der Waals surface area contributed by atoms with Gasteiger partial charge in [-0.05, 0) is 38.7 Å². The van der Waals surface area contributed by atoms with Gasteiger partial charge >= 0.3 is 0 Å². The number of furan rings is 1. The number of hydrogen-bond acceptors (Lipinski definition) is 4. The molecule has 0 aromatic carbocycles. The van der Waals surface area contributed by atoms with Gasteiger partial charge in [-0.3, -0.25) is 9.59 Å². The van der Waals surface area contributed by atoms with Gasteiger partial charge in [0.05, 0.1) is 17.9 Å². The first-order valence-corrected chi connectivity index (χ1v) is 9.79. The molecular weight excluding hydrogens is 332 g/mol. The van der Waals surface area contributed by atoms with Crippen LogP contribution in [-0.2, 0) is 9.53 Å². The molecule has 1 saturated heterocycles. The van der Waals surface area contributed by atoms with Crippen molar-refractivity contribution < 1.29 is 18.7 Å². The number of carbonyl (C=O) groups excluding carboxylic acids is 2. The van der Waals surface area contributed by atoms with Crippen LogP contribution in [0.1, 0.15) is 62.1 Å². The fourth-order valence-electron chi connectivity index (χ4n) is 3.38. The fraction of sp³-hybridized carbons (Fsp3) is 0.700. The molecule has 2 rings (SSSR count). The van der Waals surface area contributed by atoms with E-state index < -0.39 is 0 Å². The van der Waals surface area contributed by atoms with E-state index >= 15 is 0 Å². The SMILES string of the molecule is CCCN(CCC)C(=O)CCN(CC1CCCO1)C(=O)c1ccoc1C. The zero-order valence-corrected chi connectivity index (χ0v) is 16.3. The van der Waals surface area contributed by atoms with E-state index in [1.54, 1.807) is 17.9 Å². The summed E-state index contributed by atoms with van der Waals surface area (Å²) in [5, 5.41) is 0. The Kier molecular flexibility index (Phi) is 8.16. The van der Waals surface area contributed by atoms with Crippen LogP contribution in [0.2, 0.25) is 0 Å². The molecule has 6 nitrogen and oxygen atoms in total. The first-order valence-electron chi connectivity index (χ1n) is 9.79. The third-order valence-corrected chi connectivity index (χ3v) is 4.76. The number of hydrogen-bond donors (Lipinski definition) is 0. The van der Waals surface area contributed by atoms with Crippen LogP contribution >= 0.6 is 0 Å². The molecule has 1 aromatic heterocycles. The predicted molar refractivity (Wildman–Crippen MR) is 100 cm³/mol. The maximum atomic E-state index is 12.9. The van der Waals surface area contributed by atoms with Gasteiger partial charge in [-0.25, -0.2) is 0 Å². The van der Waals surface area contributed by atoms with Crippen molar-refractivity contribution in [3.8, 4) is 0 Å². The van der Waals surface area contributed by atoms with E-state index in [-0.39, 0.29) is 17.9 Å². The molecule has 0 saturated carbocycles. The second kappa shape index (κ2) is 10.4. The summed E-state index contributed by atoms with van der Waals surface area (Å²) in [5.74, 6) is 0.636. The van der Waals surface area contributed by atoms with Gasteiger partial charge < -0.3 is 19.0 Å². The molecule has 2 amide bonds. The standard InChI is InChI=1S/C20H32N2O4/c1-4-10-21(11-5-2)19(23)8-12-22(15-17-7-6-13-26-17)20(24)18-9-14-25-16(18)3/h9,14,17H,4-8,10-13,15H2,1-3H3. The second-order valence-corrected chi connectivity index (χ2v) is 6.91. The summed E-state index contributed by atoms with van der Waals surface area (Å²) >= 11 is 0. The fourth-order valence-corrected chi connectivity index (χ4v) is 3.38. The zero-order valence-electron chi connectivity index (χ0n) is 16.3. The lowest BCUT2D eigenvalue weighted by atomic mass is 10.1. The molecule has 1 fully saturated rings. The van der Waals surface area contributed by atoms with Crippen LogP contribution in [0, 0.1) is 6.92 Å². The first-order chi connectivity index (χ1) is 12.6. The van der Waals surface area contributed by atoms with Crippen molar-refractivity contribution in [3.63, 3.8) is 0 Å². The highest BCUT2D eigenvalue weighted by atomic mass is 16.5. The normalized spacial score (nSPS) is 16.7. The van der Waals surface area contributed by atoms with Crippen molar-refractivity contribution >= 4 is 11.8 Å². The van der Waals surface area contributed by atoms with Crippen molar-refractivity contribution in [1.82, 2.24) is 9.80 Å². The number of carbonyl (C=O) groups is 2. The Morgan fingerprint density at radius 2 is 1.88 bits per heavy atom. The molecule has 1 aliphatic heterocycles. The number of aryl methyl sites for hydroxylation is 1. The number of rotatable bonds is 10. The summed E-state index contributed by atoms with van der Waals surface area (Å²) in [4.78, 5) is 29.2. The first kappa shape index (κ1) is 20.5. The summed E-state index contributed by atoms with van der Waals surface area (Å²) in [7, 11) is 0. The van der Waals surface area contributed by atoms with Gasteiger partial charge in [-0.15, -0.1) is 0 Å². The Labute approximate surface area is 156 Å². The van der Waals surface area contributed by atoms with Crippen LogP contribution in [0.25, 0.3) is 0 Å². The predicted octanol–water partition coefficient (Wildman–Crippen LogP) is 3.25. The van der Waals surface area contributed by atoms with Gasteiger partial charge in [0.1, 0.15) is 5.76 Å². The molecular formula is C20H32N2O4. The Morgan fingerprint density at radius 3 is 2.42 bits per heavy atom. The van der Waals surface area contributed by atoms with Gasteiger partial charge in [0.25, 0.3) is 5.91 Å². The Bertz CT molecular complexity index is 572. The van der Waals surface area contributed by atoms with Gasteiger partial charge in [-0.2, -0.15) is 0 Å². The van der Waals surface area contributed by atoms with E-state index in [2.05, 4.69) is 13.8 Å². The Morgan fingerprint density at radius 1 is 1.15 bits per heavy atom. The van der Waals surface area contributed by atoms with Crippen LogP contribution in [0.5, 0.6) is 0 Å². The van der Waals surface area contributed by atoms with Crippen molar-refractivity contribution in [1.29, 1.82) is 0 Å². The van der Waals surface area contributed by atoms with Gasteiger partial charge in [0, 0.05) is 39.2 Å². The molecule has 0 aliphatic carbocycles. The quantitative estimate of drug-likeness (QED) is 0.639. The summed E-state index contributed by atoms with van der Waals surface area (Å²) in [6.45, 7) is 9.16. The smallest absolute Gasteiger partial charge is 0.257 e. The van der Waals surface area contributed by atoms with E-state index in [4.69, 9.17) is 9.15 Å². The third kappa shape index (κ3) is 5.59. The topological polar surface area (TPSA) is 63.0 Å². The average Bonchev–Trinajstić information content (AvgIpc) is 3.29. The highest BCUT2D eigenvalue weighted by Crippen LogP contribution is 2.18. The minimum Gasteiger partial charge on any atom is -0.469 e. The number of ether oxygens (including phenoxy) is 1. The molecule has 0 radical (unpaired) electrons. The average molecular weight is 364 g/mol. The molecule has 2 heterocycles. The highest BCUT2D eigenvalue weighted by molar-refractivity contribution is 5.95. The van der Waals surface area contributed by atoms with Crippen LogP contribution in [0.15, 0.2) is 16.7 Å². The van der Waals surface area contributed by atoms with Gasteiger partial charge in [-0.1, -0.05) is 13.8 Å². The minimum atomic E-state index is -0.0860. The molecule has 0 spiro atoms. The van der Waals surface area contributed by atoms with Crippen LogP contribution < -0.4 is 0 Å². The Hall–Kier alpha value is -1.82. The zero-order chi connectivity index (χ0) is 18.9. The van der Waals surface area contributed by atoms with Crippen LogP contribution in [0.4, 0.5) is 0 Å². The lowest BCUT2D eigenvalue weighted by molar-refractivity contribution is -0.131. The lowest BCUT2D eigenvalue weighted by Gasteiger charge is -2.27. The lowest BCUT2D eigenvalue weighted by Crippen LogP contribution is -2.41. The largest absolute Gasteiger partial charge is 0.469 e. The monoisotopic (exact) mass is 364 g/mol. The van der Waals surface area contributed by atoms with Crippen LogP contribution in [0.3, 0.4) is 0 Å². The summed E-state index contributed by atoms with van der Waals surface area (Å²) in [6.07, 6.45) is 5.80. The highest BCUT2D eigenvalue weighted by Gasteiger charge is 2.26. The van der Waals surface area contributed by atoms with Gasteiger partial charge in [0.15, 0.2) is 0 Å². The molecule has 1 atom stereocenters. The molecule has 1 aromatic rings. The maximum absolute atomic E-state index is 12.9. The Balaban J connectivity index is 2.02. The third-order valence-electron chi connectivity index (χ3n) is 4.76. The molecule has 146 valence electrons. The molecule has 1 aliphatic rings. The molecule has 1 unspecified atom stereocenters. The minimum absolute atomic E-state index is 0.0589. The molecule has 6 heteroatoms. The molecule has 0 bridgehead atoms. The maximum Gasteiger partial charge on any atom is 0.257 e. The number of nitrogens with zero attached hydrogens (tertiary/aromatic N) is 2. The van der Waals surface area contributed by atoms with Crippen LogP contribution in [-0.4, -0.2) is 60.5 Å². The van der Waals surface area contributed by atoms with Crippen molar-refractivity contribution in [2.45, 2.75) is 59.0 Å². The van der Waals surface area contributed by atoms with Gasteiger partial charge in [0.2, 0.25) is 5.91 Å². The molecule has 26 heavy (non-hydrogen) atoms. The summed E-state index contributed by atoms with van der Waals surface area (Å²) < 4.78 is 11.0. The van der Waals surface area contributed by atoms with E-state index in [9.17, 15) is 9.59 Å². The van der Waals surface area contributed by atoms with Crippen molar-refractivity contribution in [3.05, 3.63) is 23.7 Å². The van der Waals surface area contributed by atoms with E-state index in [0.29, 0.717) is 30.8 Å². The van der Waals surface area contributed by atoms with E-state index in [1.807, 2.05) is 4.90 Å². The summed E-state index contributed by atoms with van der Waals surface area (Å²) in [5.41, 5.74) is 0.564. The second-order valence-electron chi connectivity index (χ2n) is 6.91. The van der Waals surface area contributed by atoms with E-state index in [0.717, 1.165) is 45.4 Å². The molecule has 0 N–H and O–H groups in total. The van der Waals surface area contributed by atoms with Crippen molar-refractivity contribution in [2.24, 2.45) is 0 Å². The van der Waals surface area contributed by atoms with E-state index in [1.165, 1.54) is 6.26 Å². The number of amides is 2. The van der Waals surface area contributed by atoms with Crippen molar-refractivity contribution in [2.75, 3.05) is 32.8 Å². The summed E-state index contributed by atoms with van der Waals surface area (Å²) in [6, 6.07) is 1.70.